The van der Waals surface area contributed by atoms with E-state index in [2.05, 4.69) is 24.0 Å². The fraction of sp³-hybridized carbons (Fsp3) is 0.333. The van der Waals surface area contributed by atoms with E-state index < -0.39 is 11.9 Å². The van der Waals surface area contributed by atoms with Gasteiger partial charge in [0, 0.05) is 5.39 Å². The van der Waals surface area contributed by atoms with Crippen LogP contribution in [0.2, 0.25) is 0 Å². The first kappa shape index (κ1) is 12.6. The van der Waals surface area contributed by atoms with Gasteiger partial charge in [0.15, 0.2) is 0 Å². The van der Waals surface area contributed by atoms with Gasteiger partial charge in [-0.1, -0.05) is 11.6 Å². The number of fused-ring (bicyclic) bond motifs is 1. The molecule has 0 fully saturated rings. The second-order valence-corrected chi connectivity index (χ2v) is 4.90. The molecule has 0 aliphatic rings. The summed E-state index contributed by atoms with van der Waals surface area (Å²) in [7, 11) is 0. The maximum absolute atomic E-state index is 11.0. The molecule has 0 amide bonds. The molecular formula is C15H17NO2. The second-order valence-electron chi connectivity index (χ2n) is 4.90. The van der Waals surface area contributed by atoms with Crippen LogP contribution in [0.15, 0.2) is 18.2 Å². The topological polar surface area (TPSA) is 50.2 Å². The second kappa shape index (κ2) is 4.41. The molecule has 0 spiro atoms. The number of carboxylic acids is 1. The zero-order chi connectivity index (χ0) is 13.4. The van der Waals surface area contributed by atoms with Gasteiger partial charge in [-0.25, -0.2) is 0 Å². The van der Waals surface area contributed by atoms with Gasteiger partial charge >= 0.3 is 5.97 Å². The van der Waals surface area contributed by atoms with E-state index in [1.54, 1.807) is 6.92 Å². The summed E-state index contributed by atoms with van der Waals surface area (Å²) in [4.78, 5) is 15.6. The molecule has 3 nitrogen and oxygen atoms in total. The largest absolute Gasteiger partial charge is 0.481 e. The molecule has 18 heavy (non-hydrogen) atoms. The van der Waals surface area contributed by atoms with E-state index in [9.17, 15) is 4.79 Å². The Balaban J connectivity index is 2.73. The number of aromatic nitrogens is 1. The van der Waals surface area contributed by atoms with Crippen molar-refractivity contribution >= 4 is 16.9 Å². The highest BCUT2D eigenvalue weighted by atomic mass is 16.4. The first-order valence-corrected chi connectivity index (χ1v) is 6.01. The Labute approximate surface area is 106 Å². The molecule has 2 aromatic rings. The molecule has 3 heteroatoms. The highest BCUT2D eigenvalue weighted by Gasteiger charge is 2.17. The first-order chi connectivity index (χ1) is 8.40. The van der Waals surface area contributed by atoms with E-state index in [1.165, 1.54) is 5.56 Å². The van der Waals surface area contributed by atoms with Crippen LogP contribution in [0.5, 0.6) is 0 Å². The summed E-state index contributed by atoms with van der Waals surface area (Å²) in [6.07, 6.45) is 0. The molecule has 2 rings (SSSR count). The van der Waals surface area contributed by atoms with Crippen LogP contribution in [0, 0.1) is 20.8 Å². The Bertz CT molecular complexity index is 632. The highest BCUT2D eigenvalue weighted by molar-refractivity contribution is 5.86. The van der Waals surface area contributed by atoms with Crippen molar-refractivity contribution in [1.29, 1.82) is 0 Å². The van der Waals surface area contributed by atoms with Gasteiger partial charge in [-0.2, -0.15) is 0 Å². The molecule has 1 aromatic heterocycles. The third-order valence-electron chi connectivity index (χ3n) is 3.29. The van der Waals surface area contributed by atoms with E-state index in [0.717, 1.165) is 22.0 Å². The van der Waals surface area contributed by atoms with Crippen molar-refractivity contribution in [1.82, 2.24) is 4.98 Å². The molecule has 1 heterocycles. The summed E-state index contributed by atoms with van der Waals surface area (Å²) in [5, 5.41) is 10.2. The highest BCUT2D eigenvalue weighted by Crippen LogP contribution is 2.25. The van der Waals surface area contributed by atoms with Crippen LogP contribution in [-0.4, -0.2) is 16.1 Å². The predicted octanol–water partition coefficient (Wildman–Crippen LogP) is 3.35. The number of rotatable bonds is 2. The van der Waals surface area contributed by atoms with E-state index >= 15 is 0 Å². The normalized spacial score (nSPS) is 12.7. The Morgan fingerprint density at radius 3 is 2.44 bits per heavy atom. The van der Waals surface area contributed by atoms with Crippen molar-refractivity contribution in [3.63, 3.8) is 0 Å². The molecular weight excluding hydrogens is 226 g/mol. The van der Waals surface area contributed by atoms with Crippen molar-refractivity contribution < 1.29 is 9.90 Å². The molecule has 1 atom stereocenters. The number of pyridine rings is 1. The Morgan fingerprint density at radius 2 is 1.83 bits per heavy atom. The van der Waals surface area contributed by atoms with Gasteiger partial charge < -0.3 is 5.11 Å². The fourth-order valence-corrected chi connectivity index (χ4v) is 2.22. The molecule has 0 aliphatic heterocycles. The van der Waals surface area contributed by atoms with Crippen LogP contribution in [-0.2, 0) is 4.79 Å². The summed E-state index contributed by atoms with van der Waals surface area (Å²) in [6, 6.07) is 6.05. The first-order valence-electron chi connectivity index (χ1n) is 6.01. The molecule has 1 aromatic carbocycles. The molecule has 0 aliphatic carbocycles. The predicted molar refractivity (Wildman–Crippen MR) is 72.0 cm³/mol. The van der Waals surface area contributed by atoms with Gasteiger partial charge in [-0.15, -0.1) is 0 Å². The lowest BCUT2D eigenvalue weighted by atomic mass is 9.99. The summed E-state index contributed by atoms with van der Waals surface area (Å²) in [5.74, 6) is -1.42. The minimum atomic E-state index is -0.842. The SMILES string of the molecule is Cc1cc(C)c2nc(C(C)C(=O)O)cc(C)c2c1. The zero-order valence-corrected chi connectivity index (χ0v) is 11.1. The van der Waals surface area contributed by atoms with Crippen molar-refractivity contribution in [3.8, 4) is 0 Å². The van der Waals surface area contributed by atoms with Crippen LogP contribution in [0.4, 0.5) is 0 Å². The molecule has 0 bridgehead atoms. The minimum Gasteiger partial charge on any atom is -0.481 e. The van der Waals surface area contributed by atoms with E-state index in [-0.39, 0.29) is 0 Å². The van der Waals surface area contributed by atoms with Gasteiger partial charge in [-0.05, 0) is 51.0 Å². The molecule has 0 saturated carbocycles. The third kappa shape index (κ3) is 2.08. The molecule has 1 unspecified atom stereocenters. The van der Waals surface area contributed by atoms with Crippen LogP contribution in [0.25, 0.3) is 10.9 Å². The molecule has 1 N–H and O–H groups in total. The van der Waals surface area contributed by atoms with Gasteiger partial charge in [0.2, 0.25) is 0 Å². The Morgan fingerprint density at radius 1 is 1.17 bits per heavy atom. The molecule has 94 valence electrons. The molecule has 0 saturated heterocycles. The summed E-state index contributed by atoms with van der Waals surface area (Å²) in [5.41, 5.74) is 4.90. The van der Waals surface area contributed by atoms with Crippen molar-refractivity contribution in [2.45, 2.75) is 33.6 Å². The van der Waals surface area contributed by atoms with E-state index in [0.29, 0.717) is 5.69 Å². The number of carboxylic acid groups (broad SMARTS) is 1. The summed E-state index contributed by atoms with van der Waals surface area (Å²) >= 11 is 0. The quantitative estimate of drug-likeness (QED) is 0.880. The summed E-state index contributed by atoms with van der Waals surface area (Å²) < 4.78 is 0. The van der Waals surface area contributed by atoms with E-state index in [1.807, 2.05) is 19.9 Å². The maximum atomic E-state index is 11.0. The van der Waals surface area contributed by atoms with Crippen LogP contribution in [0.3, 0.4) is 0 Å². The monoisotopic (exact) mass is 243 g/mol. The van der Waals surface area contributed by atoms with Gasteiger partial charge in [0.05, 0.1) is 17.1 Å². The number of nitrogens with zero attached hydrogens (tertiary/aromatic N) is 1. The fourth-order valence-electron chi connectivity index (χ4n) is 2.22. The number of hydrogen-bond donors (Lipinski definition) is 1. The number of aryl methyl sites for hydroxylation is 3. The van der Waals surface area contributed by atoms with Gasteiger partial charge in [0.1, 0.15) is 0 Å². The average molecular weight is 243 g/mol. The summed E-state index contributed by atoms with van der Waals surface area (Å²) in [6.45, 7) is 7.73. The number of hydrogen-bond acceptors (Lipinski definition) is 2. The Hall–Kier alpha value is -1.90. The van der Waals surface area contributed by atoms with Crippen LogP contribution in [0.1, 0.15) is 35.2 Å². The smallest absolute Gasteiger partial charge is 0.312 e. The van der Waals surface area contributed by atoms with Crippen molar-refractivity contribution in [2.75, 3.05) is 0 Å². The van der Waals surface area contributed by atoms with Gasteiger partial charge in [-0.3, -0.25) is 9.78 Å². The lowest BCUT2D eigenvalue weighted by molar-refractivity contribution is -0.138. The Kier molecular flexibility index (Phi) is 3.07. The van der Waals surface area contributed by atoms with Crippen LogP contribution < -0.4 is 0 Å². The third-order valence-corrected chi connectivity index (χ3v) is 3.29. The number of aliphatic carboxylic acids is 1. The number of carbonyl (C=O) groups is 1. The zero-order valence-electron chi connectivity index (χ0n) is 11.1. The lowest BCUT2D eigenvalue weighted by Crippen LogP contribution is -2.10. The standard InChI is InChI=1S/C15H17NO2/c1-8-5-10(3)14-12(6-8)9(2)7-13(16-14)11(4)15(17)18/h5-7,11H,1-4H3,(H,17,18). The molecule has 0 radical (unpaired) electrons. The van der Waals surface area contributed by atoms with Crippen LogP contribution >= 0.6 is 0 Å². The van der Waals surface area contributed by atoms with Crippen molar-refractivity contribution in [3.05, 3.63) is 40.6 Å². The van der Waals surface area contributed by atoms with Crippen molar-refractivity contribution in [2.24, 2.45) is 0 Å². The number of benzene rings is 1. The average Bonchev–Trinajstić information content (AvgIpc) is 2.29. The van der Waals surface area contributed by atoms with Gasteiger partial charge in [0.25, 0.3) is 0 Å². The lowest BCUT2D eigenvalue weighted by Gasteiger charge is -2.12. The minimum absolute atomic E-state index is 0.575. The van der Waals surface area contributed by atoms with E-state index in [4.69, 9.17) is 5.11 Å². The maximum Gasteiger partial charge on any atom is 0.312 e.